The Bertz CT molecular complexity index is 1190. The van der Waals surface area contributed by atoms with Gasteiger partial charge >= 0.3 is 6.03 Å². The van der Waals surface area contributed by atoms with Crippen molar-refractivity contribution in [3.8, 4) is 11.5 Å². The zero-order chi connectivity index (χ0) is 22.7. The third-order valence-electron chi connectivity index (χ3n) is 4.36. The van der Waals surface area contributed by atoms with Crippen LogP contribution in [-0.2, 0) is 0 Å². The summed E-state index contributed by atoms with van der Waals surface area (Å²) in [6.07, 6.45) is 0. The number of hydrogen-bond acceptors (Lipinski definition) is 3. The monoisotopic (exact) mass is 568 g/mol. The summed E-state index contributed by atoms with van der Waals surface area (Å²) in [5.74, 6) is -0.591. The normalized spacial score (nSPS) is 10.5. The summed E-state index contributed by atoms with van der Waals surface area (Å²) in [6.45, 7) is 3.48. The van der Waals surface area contributed by atoms with Crippen molar-refractivity contribution in [3.05, 3.63) is 85.0 Å². The molecule has 0 aliphatic rings. The maximum atomic E-state index is 13.7. The van der Waals surface area contributed by atoms with E-state index in [-0.39, 0.29) is 5.56 Å². The number of carbonyl (C=O) groups excluding carboxylic acids is 2. The van der Waals surface area contributed by atoms with E-state index in [1.54, 1.807) is 26.0 Å². The van der Waals surface area contributed by atoms with Crippen LogP contribution in [0.2, 0.25) is 5.02 Å². The van der Waals surface area contributed by atoms with Gasteiger partial charge in [0, 0.05) is 10.2 Å². The second-order valence-electron chi connectivity index (χ2n) is 6.57. The standard InChI is InChI=1S/C22H16Br2ClFN2O3/c1-11-9-18(31-17-8-7-13(23)10-15(17)24)19(25)12(2)20(11)27-22(30)28-21(29)14-5-3-4-6-16(14)26/h3-10H,1-2H3,(H2,27,28,29,30). The van der Waals surface area contributed by atoms with E-state index in [0.29, 0.717) is 33.3 Å². The van der Waals surface area contributed by atoms with E-state index in [4.69, 9.17) is 16.3 Å². The highest BCUT2D eigenvalue weighted by molar-refractivity contribution is 9.11. The van der Waals surface area contributed by atoms with Crippen LogP contribution in [0.3, 0.4) is 0 Å². The van der Waals surface area contributed by atoms with Crippen LogP contribution < -0.4 is 15.4 Å². The van der Waals surface area contributed by atoms with Crippen LogP contribution in [0.1, 0.15) is 21.5 Å². The molecule has 0 aromatic heterocycles. The fraction of sp³-hybridized carbons (Fsp3) is 0.0909. The van der Waals surface area contributed by atoms with Crippen LogP contribution in [0, 0.1) is 19.7 Å². The Morgan fingerprint density at radius 1 is 1.03 bits per heavy atom. The molecule has 0 saturated heterocycles. The molecule has 0 aliphatic carbocycles. The van der Waals surface area contributed by atoms with Crippen molar-refractivity contribution in [2.75, 3.05) is 5.32 Å². The Labute approximate surface area is 200 Å². The van der Waals surface area contributed by atoms with Crippen LogP contribution in [0.15, 0.2) is 57.5 Å². The molecule has 9 heteroatoms. The first-order valence-corrected chi connectivity index (χ1v) is 10.9. The first-order chi connectivity index (χ1) is 14.7. The van der Waals surface area contributed by atoms with Gasteiger partial charge in [0.1, 0.15) is 17.3 Å². The Balaban J connectivity index is 1.79. The van der Waals surface area contributed by atoms with Gasteiger partial charge in [-0.2, -0.15) is 0 Å². The smallest absolute Gasteiger partial charge is 0.326 e. The third kappa shape index (κ3) is 5.44. The van der Waals surface area contributed by atoms with Crippen molar-refractivity contribution in [1.29, 1.82) is 0 Å². The van der Waals surface area contributed by atoms with Crippen molar-refractivity contribution in [1.82, 2.24) is 5.32 Å². The Kier molecular flexibility index (Phi) is 7.35. The molecule has 0 saturated carbocycles. The Hall–Kier alpha value is -2.42. The van der Waals surface area contributed by atoms with Crippen molar-refractivity contribution < 1.29 is 18.7 Å². The van der Waals surface area contributed by atoms with Crippen molar-refractivity contribution in [2.24, 2.45) is 0 Å². The largest absolute Gasteiger partial charge is 0.455 e. The number of benzene rings is 3. The topological polar surface area (TPSA) is 67.4 Å². The van der Waals surface area contributed by atoms with E-state index in [0.717, 1.165) is 15.0 Å². The molecule has 3 aromatic carbocycles. The molecule has 0 atom stereocenters. The van der Waals surface area contributed by atoms with Gasteiger partial charge in [-0.25, -0.2) is 9.18 Å². The number of nitrogens with one attached hydrogen (secondary N) is 2. The Morgan fingerprint density at radius 3 is 2.42 bits per heavy atom. The van der Waals surface area contributed by atoms with Crippen LogP contribution in [-0.4, -0.2) is 11.9 Å². The van der Waals surface area contributed by atoms with Gasteiger partial charge in [0.25, 0.3) is 5.91 Å². The number of imide groups is 1. The predicted molar refractivity (Wildman–Crippen MR) is 126 cm³/mol. The van der Waals surface area contributed by atoms with Gasteiger partial charge in [-0.1, -0.05) is 39.7 Å². The highest BCUT2D eigenvalue weighted by atomic mass is 79.9. The zero-order valence-electron chi connectivity index (χ0n) is 16.4. The fourth-order valence-corrected chi connectivity index (χ4v) is 4.14. The average molecular weight is 571 g/mol. The second-order valence-corrected chi connectivity index (χ2v) is 8.72. The lowest BCUT2D eigenvalue weighted by Crippen LogP contribution is -2.35. The number of rotatable bonds is 4. The average Bonchev–Trinajstić information content (AvgIpc) is 2.71. The van der Waals surface area contributed by atoms with Crippen molar-refractivity contribution >= 4 is 61.1 Å². The molecular formula is C22H16Br2ClFN2O3. The zero-order valence-corrected chi connectivity index (χ0v) is 20.3. The molecule has 31 heavy (non-hydrogen) atoms. The maximum absolute atomic E-state index is 13.7. The van der Waals surface area contributed by atoms with Crippen molar-refractivity contribution in [3.63, 3.8) is 0 Å². The van der Waals surface area contributed by atoms with Gasteiger partial charge in [-0.3, -0.25) is 10.1 Å². The highest BCUT2D eigenvalue weighted by Crippen LogP contribution is 2.40. The molecule has 160 valence electrons. The predicted octanol–water partition coefficient (Wildman–Crippen LogP) is 7.38. The molecule has 3 rings (SSSR count). The third-order valence-corrected chi connectivity index (χ3v) is 5.94. The van der Waals surface area contributed by atoms with E-state index < -0.39 is 17.8 Å². The molecule has 3 aromatic rings. The minimum atomic E-state index is -0.850. The number of halogens is 4. The number of hydrogen-bond donors (Lipinski definition) is 2. The molecule has 3 amide bonds. The maximum Gasteiger partial charge on any atom is 0.326 e. The molecular weight excluding hydrogens is 555 g/mol. The number of carbonyl (C=O) groups is 2. The lowest BCUT2D eigenvalue weighted by atomic mass is 10.1. The van der Waals surface area contributed by atoms with E-state index in [2.05, 4.69) is 42.5 Å². The minimum Gasteiger partial charge on any atom is -0.455 e. The highest BCUT2D eigenvalue weighted by Gasteiger charge is 2.19. The van der Waals surface area contributed by atoms with Gasteiger partial charge in [-0.05, 0) is 77.3 Å². The van der Waals surface area contributed by atoms with Crippen LogP contribution in [0.4, 0.5) is 14.9 Å². The summed E-state index contributed by atoms with van der Waals surface area (Å²) in [5.41, 5.74) is 1.41. The molecule has 0 fully saturated rings. The lowest BCUT2D eigenvalue weighted by Gasteiger charge is -2.17. The fourth-order valence-electron chi connectivity index (χ4n) is 2.83. The minimum absolute atomic E-state index is 0.229. The first-order valence-electron chi connectivity index (χ1n) is 8.97. The van der Waals surface area contributed by atoms with Gasteiger partial charge in [0.05, 0.1) is 15.1 Å². The quantitative estimate of drug-likeness (QED) is 0.344. The van der Waals surface area contributed by atoms with Crippen molar-refractivity contribution in [2.45, 2.75) is 13.8 Å². The number of ether oxygens (including phenoxy) is 1. The van der Waals surface area contributed by atoms with E-state index >= 15 is 0 Å². The first kappa shape index (κ1) is 23.2. The molecule has 0 radical (unpaired) electrons. The van der Waals surface area contributed by atoms with Crippen LogP contribution in [0.25, 0.3) is 0 Å². The Morgan fingerprint density at radius 2 is 1.74 bits per heavy atom. The van der Waals surface area contributed by atoms with Crippen LogP contribution >= 0.6 is 43.5 Å². The number of urea groups is 1. The van der Waals surface area contributed by atoms with Gasteiger partial charge in [0.2, 0.25) is 0 Å². The summed E-state index contributed by atoms with van der Waals surface area (Å²) in [4.78, 5) is 24.5. The lowest BCUT2D eigenvalue weighted by molar-refractivity contribution is 0.0963. The summed E-state index contributed by atoms with van der Waals surface area (Å²) >= 11 is 13.3. The molecule has 0 unspecified atom stereocenters. The molecule has 5 nitrogen and oxygen atoms in total. The van der Waals surface area contributed by atoms with E-state index in [1.807, 2.05) is 12.1 Å². The SMILES string of the molecule is Cc1cc(Oc2ccc(Br)cc2Br)c(Cl)c(C)c1NC(=O)NC(=O)c1ccccc1F. The van der Waals surface area contributed by atoms with Gasteiger partial charge in [0.15, 0.2) is 0 Å². The summed E-state index contributed by atoms with van der Waals surface area (Å²) in [5, 5.41) is 5.02. The summed E-state index contributed by atoms with van der Waals surface area (Å²) in [7, 11) is 0. The molecule has 0 bridgehead atoms. The second kappa shape index (κ2) is 9.80. The van der Waals surface area contributed by atoms with Crippen LogP contribution in [0.5, 0.6) is 11.5 Å². The summed E-state index contributed by atoms with van der Waals surface area (Å²) in [6, 6.07) is 11.7. The molecule has 0 spiro atoms. The molecule has 2 N–H and O–H groups in total. The van der Waals surface area contributed by atoms with E-state index in [9.17, 15) is 14.0 Å². The number of amides is 3. The molecule has 0 aliphatic heterocycles. The number of anilines is 1. The molecule has 0 heterocycles. The number of aryl methyl sites for hydroxylation is 1. The summed E-state index contributed by atoms with van der Waals surface area (Å²) < 4.78 is 21.3. The van der Waals surface area contributed by atoms with E-state index in [1.165, 1.54) is 18.2 Å². The van der Waals surface area contributed by atoms with Gasteiger partial charge < -0.3 is 10.1 Å². The van der Waals surface area contributed by atoms with Gasteiger partial charge in [-0.15, -0.1) is 0 Å².